The summed E-state index contributed by atoms with van der Waals surface area (Å²) in [5.74, 6) is 0.173. The van der Waals surface area contributed by atoms with Gasteiger partial charge in [0, 0.05) is 34.9 Å². The van der Waals surface area contributed by atoms with Gasteiger partial charge in [-0.15, -0.1) is 0 Å². The van der Waals surface area contributed by atoms with Crippen LogP contribution < -0.4 is 10.6 Å². The lowest BCUT2D eigenvalue weighted by atomic mass is 9.84. The topological polar surface area (TPSA) is 49.8 Å². The zero-order chi connectivity index (χ0) is 17.0. The van der Waals surface area contributed by atoms with E-state index in [0.29, 0.717) is 32.7 Å². The Morgan fingerprint density at radius 3 is 2.70 bits per heavy atom. The number of thiocarbonyl (C=S) groups is 1. The number of aromatic nitrogens is 2. The first kappa shape index (κ1) is 18.0. The molecule has 0 atom stereocenters. The molecule has 1 heterocycles. The fourth-order valence-corrected chi connectivity index (χ4v) is 3.00. The third-order valence-corrected chi connectivity index (χ3v) is 4.36. The SMILES string of the molecule is CC(C)(CNC(=S)Nc1nccnc1Br)c1c(F)cccc1Cl. The molecular formula is C15H15BrClFN4S. The van der Waals surface area contributed by atoms with Gasteiger partial charge in [-0.25, -0.2) is 14.4 Å². The van der Waals surface area contributed by atoms with Crippen LogP contribution in [0.2, 0.25) is 5.02 Å². The van der Waals surface area contributed by atoms with Crippen molar-refractivity contribution in [1.82, 2.24) is 15.3 Å². The van der Waals surface area contributed by atoms with Gasteiger partial charge in [0.15, 0.2) is 10.9 Å². The highest BCUT2D eigenvalue weighted by atomic mass is 79.9. The van der Waals surface area contributed by atoms with Gasteiger partial charge in [-0.3, -0.25) is 0 Å². The summed E-state index contributed by atoms with van der Waals surface area (Å²) in [7, 11) is 0. The van der Waals surface area contributed by atoms with E-state index >= 15 is 0 Å². The fraction of sp³-hybridized carbons (Fsp3) is 0.267. The smallest absolute Gasteiger partial charge is 0.172 e. The first-order chi connectivity index (χ1) is 10.8. The zero-order valence-electron chi connectivity index (χ0n) is 12.5. The Balaban J connectivity index is 2.04. The summed E-state index contributed by atoms with van der Waals surface area (Å²) in [6.45, 7) is 4.19. The number of nitrogens with one attached hydrogen (secondary N) is 2. The molecule has 0 radical (unpaired) electrons. The van der Waals surface area contributed by atoms with Gasteiger partial charge in [0.25, 0.3) is 0 Å². The van der Waals surface area contributed by atoms with Gasteiger partial charge in [-0.05, 0) is 40.3 Å². The lowest BCUT2D eigenvalue weighted by Crippen LogP contribution is -2.39. The molecule has 0 fully saturated rings. The van der Waals surface area contributed by atoms with Crippen LogP contribution in [-0.4, -0.2) is 21.6 Å². The van der Waals surface area contributed by atoms with Gasteiger partial charge in [0.2, 0.25) is 0 Å². The Hall–Kier alpha value is -1.31. The quantitative estimate of drug-likeness (QED) is 0.727. The van der Waals surface area contributed by atoms with Crippen molar-refractivity contribution < 1.29 is 4.39 Å². The lowest BCUT2D eigenvalue weighted by molar-refractivity contribution is 0.477. The fourth-order valence-electron chi connectivity index (χ4n) is 2.09. The summed E-state index contributed by atoms with van der Waals surface area (Å²) in [5, 5.41) is 6.76. The minimum Gasteiger partial charge on any atom is -0.362 e. The average molecular weight is 418 g/mol. The molecule has 4 nitrogen and oxygen atoms in total. The summed E-state index contributed by atoms with van der Waals surface area (Å²) in [5.41, 5.74) is -0.0917. The molecule has 0 saturated heterocycles. The molecule has 0 aliphatic heterocycles. The van der Waals surface area contributed by atoms with Gasteiger partial charge in [0.05, 0.1) is 0 Å². The van der Waals surface area contributed by atoms with Crippen LogP contribution in [0.5, 0.6) is 0 Å². The van der Waals surface area contributed by atoms with Crippen molar-refractivity contribution in [2.24, 2.45) is 0 Å². The Bertz CT molecular complexity index is 706. The zero-order valence-corrected chi connectivity index (χ0v) is 15.7. The number of rotatable bonds is 4. The number of nitrogens with zero attached hydrogens (tertiary/aromatic N) is 2. The van der Waals surface area contributed by atoms with Crippen molar-refractivity contribution in [3.8, 4) is 0 Å². The summed E-state index contributed by atoms with van der Waals surface area (Å²) in [6, 6.07) is 4.66. The van der Waals surface area contributed by atoms with Crippen LogP contribution in [0.25, 0.3) is 0 Å². The molecule has 2 rings (SSSR count). The summed E-state index contributed by atoms with van der Waals surface area (Å²) < 4.78 is 14.6. The molecule has 23 heavy (non-hydrogen) atoms. The van der Waals surface area contributed by atoms with E-state index < -0.39 is 5.41 Å². The van der Waals surface area contributed by atoms with Gasteiger partial charge < -0.3 is 10.6 Å². The molecule has 0 spiro atoms. The van der Waals surface area contributed by atoms with Crippen LogP contribution in [0.3, 0.4) is 0 Å². The molecule has 0 unspecified atom stereocenters. The standard InChI is InChI=1S/C15H15BrClFN4S/c1-15(2,11-9(17)4-3-5-10(11)18)8-21-14(23)22-13-12(16)19-6-7-20-13/h3-7H,8H2,1-2H3,(H2,20,21,22,23). The Morgan fingerprint density at radius 1 is 1.35 bits per heavy atom. The molecule has 0 aliphatic carbocycles. The molecule has 0 amide bonds. The van der Waals surface area contributed by atoms with Crippen LogP contribution in [-0.2, 0) is 5.41 Å². The van der Waals surface area contributed by atoms with Crippen molar-refractivity contribution in [2.75, 3.05) is 11.9 Å². The molecule has 122 valence electrons. The van der Waals surface area contributed by atoms with E-state index in [1.165, 1.54) is 6.07 Å². The van der Waals surface area contributed by atoms with Crippen LogP contribution >= 0.6 is 39.7 Å². The third-order valence-electron chi connectivity index (χ3n) is 3.22. The number of benzene rings is 1. The van der Waals surface area contributed by atoms with Crippen LogP contribution in [0.4, 0.5) is 10.2 Å². The maximum absolute atomic E-state index is 14.1. The first-order valence-electron chi connectivity index (χ1n) is 6.77. The summed E-state index contributed by atoms with van der Waals surface area (Å²) in [6.07, 6.45) is 3.12. The van der Waals surface area contributed by atoms with Crippen molar-refractivity contribution in [2.45, 2.75) is 19.3 Å². The third kappa shape index (κ3) is 4.59. The Kier molecular flexibility index (Phi) is 5.89. The van der Waals surface area contributed by atoms with E-state index in [1.54, 1.807) is 24.5 Å². The maximum Gasteiger partial charge on any atom is 0.172 e. The van der Waals surface area contributed by atoms with Crippen molar-refractivity contribution in [3.63, 3.8) is 0 Å². The summed E-state index contributed by atoms with van der Waals surface area (Å²) in [4.78, 5) is 8.17. The second-order valence-corrected chi connectivity index (χ2v) is 7.05. The van der Waals surface area contributed by atoms with Gasteiger partial charge >= 0.3 is 0 Å². The Labute approximate surface area is 153 Å². The van der Waals surface area contributed by atoms with Gasteiger partial charge in [-0.2, -0.15) is 0 Å². The van der Waals surface area contributed by atoms with Gasteiger partial charge in [0.1, 0.15) is 10.4 Å². The number of hydrogen-bond acceptors (Lipinski definition) is 3. The van der Waals surface area contributed by atoms with Crippen molar-refractivity contribution >= 4 is 50.7 Å². The second kappa shape index (κ2) is 7.51. The van der Waals surface area contributed by atoms with E-state index in [4.69, 9.17) is 23.8 Å². The van der Waals surface area contributed by atoms with Crippen LogP contribution in [0.1, 0.15) is 19.4 Å². The van der Waals surface area contributed by atoms with E-state index in [2.05, 4.69) is 36.5 Å². The highest BCUT2D eigenvalue weighted by Gasteiger charge is 2.27. The number of halogens is 3. The molecule has 2 N–H and O–H groups in total. The lowest BCUT2D eigenvalue weighted by Gasteiger charge is -2.27. The molecule has 0 saturated carbocycles. The van der Waals surface area contributed by atoms with E-state index in [9.17, 15) is 4.39 Å². The second-order valence-electron chi connectivity index (χ2n) is 5.48. The van der Waals surface area contributed by atoms with E-state index in [1.807, 2.05) is 13.8 Å². The molecule has 0 aliphatic rings. The van der Waals surface area contributed by atoms with Crippen LogP contribution in [0.15, 0.2) is 35.2 Å². The van der Waals surface area contributed by atoms with E-state index in [0.717, 1.165) is 0 Å². The average Bonchev–Trinajstić information content (AvgIpc) is 2.47. The molecule has 1 aromatic carbocycles. The van der Waals surface area contributed by atoms with Crippen LogP contribution in [0, 0.1) is 5.82 Å². The molecule has 2 aromatic rings. The number of anilines is 1. The monoisotopic (exact) mass is 416 g/mol. The first-order valence-corrected chi connectivity index (χ1v) is 8.35. The molecular weight excluding hydrogens is 403 g/mol. The van der Waals surface area contributed by atoms with Crippen molar-refractivity contribution in [3.05, 3.63) is 51.6 Å². The predicted molar refractivity (Wildman–Crippen MR) is 98.4 cm³/mol. The normalized spacial score (nSPS) is 11.2. The minimum absolute atomic E-state index is 0.333. The van der Waals surface area contributed by atoms with E-state index in [-0.39, 0.29) is 5.82 Å². The molecule has 8 heteroatoms. The highest BCUT2D eigenvalue weighted by molar-refractivity contribution is 9.10. The highest BCUT2D eigenvalue weighted by Crippen LogP contribution is 2.31. The Morgan fingerprint density at radius 2 is 2.04 bits per heavy atom. The predicted octanol–water partition coefficient (Wildman–Crippen LogP) is 4.30. The largest absolute Gasteiger partial charge is 0.362 e. The number of hydrogen-bond donors (Lipinski definition) is 2. The van der Waals surface area contributed by atoms with Crippen molar-refractivity contribution in [1.29, 1.82) is 0 Å². The minimum atomic E-state index is -0.548. The summed E-state index contributed by atoms with van der Waals surface area (Å²) >= 11 is 14.7. The molecule has 1 aromatic heterocycles. The maximum atomic E-state index is 14.1. The van der Waals surface area contributed by atoms with Gasteiger partial charge in [-0.1, -0.05) is 31.5 Å². The molecule has 0 bridgehead atoms.